The van der Waals surface area contributed by atoms with Crippen molar-refractivity contribution in [1.82, 2.24) is 0 Å². The summed E-state index contributed by atoms with van der Waals surface area (Å²) in [5, 5.41) is 7.57. The van der Waals surface area contributed by atoms with E-state index in [1.165, 1.54) is 129 Å². The van der Waals surface area contributed by atoms with Crippen molar-refractivity contribution in [2.45, 2.75) is 57.8 Å². The van der Waals surface area contributed by atoms with Crippen LogP contribution in [0.5, 0.6) is 0 Å². The first kappa shape index (κ1) is 39.9. The van der Waals surface area contributed by atoms with Crippen LogP contribution in [0.1, 0.15) is 73.9 Å². The predicted molar refractivity (Wildman–Crippen MR) is 286 cm³/mol. The first-order chi connectivity index (χ1) is 32.7. The number of aryl methyl sites for hydroxylation is 1. The minimum atomic E-state index is -0.0777. The summed E-state index contributed by atoms with van der Waals surface area (Å²) in [6.07, 6.45) is 12.8. The van der Waals surface area contributed by atoms with Crippen LogP contribution in [-0.2, 0) is 17.3 Å². The first-order valence-corrected chi connectivity index (χ1v) is 24.3. The Bertz CT molecular complexity index is 3560. The maximum Gasteiger partial charge on any atom is 0.0502 e. The van der Waals surface area contributed by atoms with Gasteiger partial charge in [0.05, 0.1) is 11.4 Å². The summed E-state index contributed by atoms with van der Waals surface area (Å²) in [4.78, 5) is 4.98. The standard InChI is InChI=1S/C65H54N2/c1-64(2)57-14-6-9-17-62(57)67(63-18-10-7-15-58(63)64)52-30-33-54-50(40-52)27-26-49-39-48(28-32-53(49)54)47-25-24-45-36-42(21-23-46(45)38-47)19-20-43-22-31-55-56-34-29-51(41-60(56)65(3,4)59(55)37-43)66-35-11-13-44-12-5-8-16-61(44)66/h5-10,12,14-34,36,38-41,59H,11,13,35,37H2,1-4H3/b20-19+. The Balaban J connectivity index is 0.739. The molecule has 0 amide bonds. The van der Waals surface area contributed by atoms with Crippen molar-refractivity contribution in [1.29, 1.82) is 0 Å². The third kappa shape index (κ3) is 6.37. The van der Waals surface area contributed by atoms with Gasteiger partial charge in [-0.05, 0) is 179 Å². The third-order valence-electron chi connectivity index (χ3n) is 16.0. The van der Waals surface area contributed by atoms with Gasteiger partial charge < -0.3 is 9.80 Å². The number of fused-ring (bicyclic) bond motifs is 10. The fourth-order valence-corrected chi connectivity index (χ4v) is 12.3. The van der Waals surface area contributed by atoms with E-state index in [1.54, 1.807) is 0 Å². The molecule has 0 saturated heterocycles. The molecule has 13 rings (SSSR count). The summed E-state index contributed by atoms with van der Waals surface area (Å²) in [5.41, 5.74) is 20.0. The van der Waals surface area contributed by atoms with Crippen LogP contribution in [0.4, 0.5) is 28.4 Å². The molecule has 9 aromatic rings. The molecule has 67 heavy (non-hydrogen) atoms. The predicted octanol–water partition coefficient (Wildman–Crippen LogP) is 17.3. The summed E-state index contributed by atoms with van der Waals surface area (Å²) in [6, 6.07) is 66.3. The second kappa shape index (κ2) is 15.1. The molecule has 2 aliphatic carbocycles. The average Bonchev–Trinajstić information content (AvgIpc) is 3.59. The van der Waals surface area contributed by atoms with Gasteiger partial charge in [0.2, 0.25) is 0 Å². The summed E-state index contributed by atoms with van der Waals surface area (Å²) >= 11 is 0. The van der Waals surface area contributed by atoms with E-state index in [1.807, 2.05) is 0 Å². The highest BCUT2D eigenvalue weighted by Gasteiger charge is 2.44. The second-order valence-electron chi connectivity index (χ2n) is 20.5. The van der Waals surface area contributed by atoms with Gasteiger partial charge in [0.15, 0.2) is 0 Å². The topological polar surface area (TPSA) is 6.48 Å². The van der Waals surface area contributed by atoms with Gasteiger partial charge in [0.1, 0.15) is 0 Å². The van der Waals surface area contributed by atoms with Crippen LogP contribution in [0.3, 0.4) is 0 Å². The van der Waals surface area contributed by atoms with Crippen LogP contribution in [0, 0.1) is 5.92 Å². The highest BCUT2D eigenvalue weighted by atomic mass is 15.2. The number of nitrogens with zero attached hydrogens (tertiary/aromatic N) is 2. The smallest absolute Gasteiger partial charge is 0.0502 e. The van der Waals surface area contributed by atoms with Gasteiger partial charge in [-0.25, -0.2) is 0 Å². The molecule has 2 aliphatic heterocycles. The summed E-state index contributed by atoms with van der Waals surface area (Å²) in [7, 11) is 0. The van der Waals surface area contributed by atoms with Crippen LogP contribution in [-0.4, -0.2) is 6.54 Å². The molecule has 2 heterocycles. The van der Waals surface area contributed by atoms with E-state index in [-0.39, 0.29) is 10.8 Å². The van der Waals surface area contributed by atoms with Gasteiger partial charge in [-0.2, -0.15) is 0 Å². The normalized spacial score (nSPS) is 17.8. The van der Waals surface area contributed by atoms with Crippen molar-refractivity contribution < 1.29 is 0 Å². The van der Waals surface area contributed by atoms with Crippen molar-refractivity contribution >= 4 is 72.4 Å². The van der Waals surface area contributed by atoms with Crippen LogP contribution in [0.25, 0.3) is 55.1 Å². The molecule has 0 bridgehead atoms. The lowest BCUT2D eigenvalue weighted by molar-refractivity contribution is 0.410. The number of para-hydroxylation sites is 3. The van der Waals surface area contributed by atoms with Gasteiger partial charge in [0.25, 0.3) is 0 Å². The molecular weight excluding hydrogens is 809 g/mol. The lowest BCUT2D eigenvalue weighted by atomic mass is 9.73. The van der Waals surface area contributed by atoms with Crippen LogP contribution in [0.15, 0.2) is 200 Å². The van der Waals surface area contributed by atoms with E-state index in [2.05, 4.69) is 238 Å². The molecule has 2 heteroatoms. The molecule has 0 spiro atoms. The molecule has 0 fully saturated rings. The summed E-state index contributed by atoms with van der Waals surface area (Å²) in [6.45, 7) is 10.7. The number of hydrogen-bond acceptors (Lipinski definition) is 2. The Morgan fingerprint density at radius 1 is 0.507 bits per heavy atom. The number of hydrogen-bond donors (Lipinski definition) is 0. The minimum absolute atomic E-state index is 0.0518. The van der Waals surface area contributed by atoms with Crippen molar-refractivity contribution in [2.75, 3.05) is 16.3 Å². The molecule has 4 aliphatic rings. The maximum atomic E-state index is 2.54. The Kier molecular flexibility index (Phi) is 8.97. The van der Waals surface area contributed by atoms with E-state index in [0.717, 1.165) is 13.0 Å². The molecule has 2 nitrogen and oxygen atoms in total. The molecule has 9 aromatic carbocycles. The molecule has 0 radical (unpaired) electrons. The minimum Gasteiger partial charge on any atom is -0.341 e. The first-order valence-electron chi connectivity index (χ1n) is 24.3. The SMILES string of the molecule is CC1(C)c2ccccc2N(c2ccc3c(ccc4cc(-c5ccc6cc(/C=C/C7=CC=C8c9ccc(N%10CCCc%11ccccc%11%10)cc9C(C)(C)C8C7)ccc6c5)ccc43)c2)c2ccccc21. The number of anilines is 5. The van der Waals surface area contributed by atoms with Crippen LogP contribution in [0.2, 0.25) is 0 Å². The molecule has 0 saturated carbocycles. The van der Waals surface area contributed by atoms with Gasteiger partial charge in [-0.1, -0.05) is 167 Å². The highest BCUT2D eigenvalue weighted by molar-refractivity contribution is 6.10. The van der Waals surface area contributed by atoms with Crippen molar-refractivity contribution in [3.63, 3.8) is 0 Å². The Morgan fingerprint density at radius 2 is 1.13 bits per heavy atom. The lowest BCUT2D eigenvalue weighted by Gasteiger charge is -2.42. The van der Waals surface area contributed by atoms with Crippen LogP contribution < -0.4 is 9.80 Å². The van der Waals surface area contributed by atoms with E-state index >= 15 is 0 Å². The maximum absolute atomic E-state index is 2.54. The van der Waals surface area contributed by atoms with E-state index in [4.69, 9.17) is 0 Å². The van der Waals surface area contributed by atoms with E-state index in [9.17, 15) is 0 Å². The number of rotatable bonds is 5. The molecule has 0 N–H and O–H groups in total. The zero-order valence-corrected chi connectivity index (χ0v) is 38.9. The lowest BCUT2D eigenvalue weighted by Crippen LogP contribution is -2.30. The van der Waals surface area contributed by atoms with Gasteiger partial charge in [-0.3, -0.25) is 0 Å². The third-order valence-corrected chi connectivity index (χ3v) is 16.0. The summed E-state index contributed by atoms with van der Waals surface area (Å²) < 4.78 is 0. The molecule has 1 atom stereocenters. The Hall–Kier alpha value is -7.42. The Labute approximate surface area is 394 Å². The fraction of sp³-hybridized carbons (Fsp3) is 0.169. The van der Waals surface area contributed by atoms with Crippen molar-refractivity contribution in [3.05, 3.63) is 233 Å². The van der Waals surface area contributed by atoms with Gasteiger partial charge in [-0.15, -0.1) is 0 Å². The van der Waals surface area contributed by atoms with Gasteiger partial charge in [0, 0.05) is 29.0 Å². The van der Waals surface area contributed by atoms with E-state index < -0.39 is 0 Å². The molecule has 324 valence electrons. The number of allylic oxidation sites excluding steroid dienone is 5. The molecule has 1 unspecified atom stereocenters. The molecular formula is C65H54N2. The van der Waals surface area contributed by atoms with Crippen molar-refractivity contribution in [2.24, 2.45) is 5.92 Å². The fourth-order valence-electron chi connectivity index (χ4n) is 12.3. The molecule has 0 aromatic heterocycles. The largest absolute Gasteiger partial charge is 0.341 e. The van der Waals surface area contributed by atoms with Crippen molar-refractivity contribution in [3.8, 4) is 11.1 Å². The quantitative estimate of drug-likeness (QED) is 0.159. The average molecular weight is 863 g/mol. The van der Waals surface area contributed by atoms with Crippen LogP contribution >= 0.6 is 0 Å². The zero-order chi connectivity index (χ0) is 45.0. The van der Waals surface area contributed by atoms with E-state index in [0.29, 0.717) is 5.92 Å². The second-order valence-corrected chi connectivity index (χ2v) is 20.5. The van der Waals surface area contributed by atoms with Gasteiger partial charge >= 0.3 is 0 Å². The number of benzene rings is 9. The summed E-state index contributed by atoms with van der Waals surface area (Å²) in [5.74, 6) is 0.461. The zero-order valence-electron chi connectivity index (χ0n) is 38.9. The monoisotopic (exact) mass is 862 g/mol. The highest BCUT2D eigenvalue weighted by Crippen LogP contribution is 2.56. The Morgan fingerprint density at radius 3 is 1.93 bits per heavy atom.